The molecule has 1 saturated heterocycles. The fourth-order valence-corrected chi connectivity index (χ4v) is 5.80. The van der Waals surface area contributed by atoms with Gasteiger partial charge in [0.1, 0.15) is 11.4 Å². The first-order valence-corrected chi connectivity index (χ1v) is 12.5. The van der Waals surface area contributed by atoms with E-state index in [1.807, 2.05) is 26.0 Å². The van der Waals surface area contributed by atoms with E-state index in [1.54, 1.807) is 35.2 Å². The topological polar surface area (TPSA) is 78.0 Å². The number of rotatable bonds is 4. The van der Waals surface area contributed by atoms with Crippen LogP contribution >= 0.6 is 0 Å². The summed E-state index contributed by atoms with van der Waals surface area (Å²) in [5, 5.41) is 0. The van der Waals surface area contributed by atoms with Crippen LogP contribution in [-0.4, -0.2) is 44.9 Å². The number of carbonyl (C=O) groups is 2. The molecular weight excluding hydrogens is 426 g/mol. The van der Waals surface area contributed by atoms with E-state index in [1.165, 1.54) is 11.0 Å². The summed E-state index contributed by atoms with van der Waals surface area (Å²) < 4.78 is 27.6. The maximum Gasteiger partial charge on any atom is 0.343 e. The third-order valence-electron chi connectivity index (χ3n) is 6.30. The van der Waals surface area contributed by atoms with Gasteiger partial charge < -0.3 is 4.90 Å². The van der Waals surface area contributed by atoms with Crippen LogP contribution in [0.15, 0.2) is 53.4 Å². The lowest BCUT2D eigenvalue weighted by Gasteiger charge is -2.37. The average molecular weight is 456 g/mol. The number of piperidine rings is 1. The predicted molar refractivity (Wildman–Crippen MR) is 124 cm³/mol. The van der Waals surface area contributed by atoms with Crippen molar-refractivity contribution >= 4 is 33.3 Å². The molecule has 2 aromatic carbocycles. The molecule has 4 rings (SSSR count). The molecule has 2 aromatic rings. The van der Waals surface area contributed by atoms with E-state index >= 15 is 0 Å². The lowest BCUT2D eigenvalue weighted by molar-refractivity contribution is -0.130. The van der Waals surface area contributed by atoms with Crippen LogP contribution in [0.2, 0.25) is 0 Å². The van der Waals surface area contributed by atoms with E-state index in [2.05, 4.69) is 6.92 Å². The highest BCUT2D eigenvalue weighted by molar-refractivity contribution is 7.94. The highest BCUT2D eigenvalue weighted by Gasteiger charge is 2.43. The Morgan fingerprint density at radius 1 is 1.03 bits per heavy atom. The zero-order valence-electron chi connectivity index (χ0n) is 18.7. The van der Waals surface area contributed by atoms with Crippen LogP contribution in [-0.2, 0) is 14.8 Å². The zero-order valence-corrected chi connectivity index (χ0v) is 19.5. The third kappa shape index (κ3) is 3.99. The van der Waals surface area contributed by atoms with Crippen molar-refractivity contribution in [1.82, 2.24) is 4.90 Å². The van der Waals surface area contributed by atoms with Gasteiger partial charge in [-0.3, -0.25) is 9.69 Å². The lowest BCUT2D eigenvalue weighted by Crippen LogP contribution is -2.54. The fourth-order valence-electron chi connectivity index (χ4n) is 4.20. The monoisotopic (exact) mass is 455 g/mol. The number of anilines is 2. The highest BCUT2D eigenvalue weighted by Crippen LogP contribution is 2.37. The van der Waals surface area contributed by atoms with Crippen molar-refractivity contribution in [2.45, 2.75) is 44.4 Å². The summed E-state index contributed by atoms with van der Waals surface area (Å²) in [5.74, 6) is 0.681. The summed E-state index contributed by atoms with van der Waals surface area (Å²) in [7, 11) is -4.10. The van der Waals surface area contributed by atoms with E-state index in [0.29, 0.717) is 19.0 Å². The second-order valence-electron chi connectivity index (χ2n) is 8.92. The maximum atomic E-state index is 13.5. The van der Waals surface area contributed by atoms with Crippen LogP contribution in [0.5, 0.6) is 0 Å². The quantitative estimate of drug-likeness (QED) is 0.692. The van der Waals surface area contributed by atoms with Crippen LogP contribution < -0.4 is 9.21 Å². The first-order valence-electron chi connectivity index (χ1n) is 11.0. The summed E-state index contributed by atoms with van der Waals surface area (Å²) in [6.07, 6.45) is 1.86. The summed E-state index contributed by atoms with van der Waals surface area (Å²) in [4.78, 5) is 29.6. The number of carbonyl (C=O) groups excluding carboxylic acids is 2. The molecule has 0 bridgehead atoms. The molecule has 7 nitrogen and oxygen atoms in total. The second kappa shape index (κ2) is 8.58. The maximum absolute atomic E-state index is 13.5. The van der Waals surface area contributed by atoms with Gasteiger partial charge in [0.05, 0.1) is 11.4 Å². The first-order chi connectivity index (χ1) is 15.2. The largest absolute Gasteiger partial charge is 0.343 e. The minimum atomic E-state index is -4.10. The Hall–Kier alpha value is -2.87. The van der Waals surface area contributed by atoms with Crippen LogP contribution in [0.25, 0.3) is 0 Å². The molecule has 170 valence electrons. The number of nitrogens with zero attached hydrogens (tertiary/aromatic N) is 3. The lowest BCUT2D eigenvalue weighted by atomic mass is 9.99. The molecule has 0 atom stereocenters. The van der Waals surface area contributed by atoms with E-state index < -0.39 is 16.1 Å². The van der Waals surface area contributed by atoms with Gasteiger partial charge in [0, 0.05) is 13.1 Å². The van der Waals surface area contributed by atoms with Gasteiger partial charge in [-0.1, -0.05) is 45.0 Å². The zero-order chi connectivity index (χ0) is 23.0. The van der Waals surface area contributed by atoms with Gasteiger partial charge in [-0.2, -0.15) is 4.31 Å². The van der Waals surface area contributed by atoms with Gasteiger partial charge >= 0.3 is 6.03 Å². The Morgan fingerprint density at radius 2 is 1.66 bits per heavy atom. The van der Waals surface area contributed by atoms with E-state index in [-0.39, 0.29) is 34.6 Å². The molecule has 0 aromatic heterocycles. The third-order valence-corrected chi connectivity index (χ3v) is 8.05. The summed E-state index contributed by atoms with van der Waals surface area (Å²) in [6.45, 7) is 7.37. The van der Waals surface area contributed by atoms with Gasteiger partial charge in [0.15, 0.2) is 0 Å². The Bertz CT molecular complexity index is 1120. The van der Waals surface area contributed by atoms with E-state index in [4.69, 9.17) is 0 Å². The van der Waals surface area contributed by atoms with Crippen LogP contribution in [0.3, 0.4) is 0 Å². The molecular formula is C24H29N3O4S. The van der Waals surface area contributed by atoms with Crippen molar-refractivity contribution in [3.8, 4) is 0 Å². The van der Waals surface area contributed by atoms with Crippen molar-refractivity contribution in [1.29, 1.82) is 0 Å². The standard InChI is InChI=1S/C24H29N3O4S/c1-17(2)19-8-10-20(11-9-19)27-24(29)26(16-23(28)25-14-12-18(3)13-15-25)21-6-4-5-7-22(21)32(27,30)31/h4-11,17-18H,12-16H2,1-3H3. The number of likely N-dealkylation sites (tertiary alicyclic amines) is 1. The van der Waals surface area contributed by atoms with E-state index in [0.717, 1.165) is 22.7 Å². The molecule has 32 heavy (non-hydrogen) atoms. The normalized spacial score (nSPS) is 18.8. The van der Waals surface area contributed by atoms with Crippen molar-refractivity contribution in [2.24, 2.45) is 5.92 Å². The number of hydrogen-bond donors (Lipinski definition) is 0. The fraction of sp³-hybridized carbons (Fsp3) is 0.417. The molecule has 3 amide bonds. The Labute approximate surface area is 189 Å². The SMILES string of the molecule is CC1CCN(C(=O)CN2C(=O)N(c3ccc(C(C)C)cc3)S(=O)(=O)c3ccccc32)CC1. The molecule has 2 aliphatic heterocycles. The molecule has 0 N–H and O–H groups in total. The number of sulfonamides is 1. The molecule has 0 unspecified atom stereocenters. The van der Waals surface area contributed by atoms with Crippen LogP contribution in [0.1, 0.15) is 45.1 Å². The summed E-state index contributed by atoms with van der Waals surface area (Å²) in [6, 6.07) is 12.6. The van der Waals surface area contributed by atoms with Gasteiger partial charge in [0.25, 0.3) is 10.0 Å². The first kappa shape index (κ1) is 22.3. The summed E-state index contributed by atoms with van der Waals surface area (Å²) in [5.41, 5.74) is 1.55. The molecule has 2 heterocycles. The molecule has 0 radical (unpaired) electrons. The number of para-hydroxylation sites is 1. The van der Waals surface area contributed by atoms with Crippen LogP contribution in [0.4, 0.5) is 16.2 Å². The number of urea groups is 1. The van der Waals surface area contributed by atoms with Gasteiger partial charge in [-0.25, -0.2) is 13.2 Å². The Balaban J connectivity index is 1.70. The minimum absolute atomic E-state index is 0.0209. The molecule has 0 spiro atoms. The van der Waals surface area contributed by atoms with Crippen LogP contribution in [0, 0.1) is 5.92 Å². The molecule has 8 heteroatoms. The second-order valence-corrected chi connectivity index (χ2v) is 10.7. The number of fused-ring (bicyclic) bond motifs is 1. The summed E-state index contributed by atoms with van der Waals surface area (Å²) >= 11 is 0. The average Bonchev–Trinajstić information content (AvgIpc) is 2.77. The Kier molecular flexibility index (Phi) is 5.99. The molecule has 0 saturated carbocycles. The van der Waals surface area contributed by atoms with Gasteiger partial charge in [-0.15, -0.1) is 0 Å². The van der Waals surface area contributed by atoms with Crippen molar-refractivity contribution in [3.63, 3.8) is 0 Å². The number of hydrogen-bond acceptors (Lipinski definition) is 4. The number of amides is 3. The predicted octanol–water partition coefficient (Wildman–Crippen LogP) is 4.20. The van der Waals surface area contributed by atoms with Crippen molar-refractivity contribution in [3.05, 3.63) is 54.1 Å². The minimum Gasteiger partial charge on any atom is -0.341 e. The van der Waals surface area contributed by atoms with Gasteiger partial charge in [0.2, 0.25) is 5.91 Å². The van der Waals surface area contributed by atoms with Gasteiger partial charge in [-0.05, 0) is 54.5 Å². The molecule has 1 fully saturated rings. The Morgan fingerprint density at radius 3 is 2.28 bits per heavy atom. The number of benzene rings is 2. The van der Waals surface area contributed by atoms with Crippen molar-refractivity contribution in [2.75, 3.05) is 28.8 Å². The smallest absolute Gasteiger partial charge is 0.341 e. The highest BCUT2D eigenvalue weighted by atomic mass is 32.2. The van der Waals surface area contributed by atoms with E-state index in [9.17, 15) is 18.0 Å². The molecule has 0 aliphatic carbocycles. The van der Waals surface area contributed by atoms with Crippen molar-refractivity contribution < 1.29 is 18.0 Å². The molecule has 2 aliphatic rings.